The quantitative estimate of drug-likeness (QED) is 0.297. The lowest BCUT2D eigenvalue weighted by Crippen LogP contribution is -2.37. The van der Waals surface area contributed by atoms with Crippen LogP contribution in [0.25, 0.3) is 28.3 Å². The van der Waals surface area contributed by atoms with Crippen LogP contribution in [-0.2, 0) is 4.74 Å². The Morgan fingerprint density at radius 3 is 2.73 bits per heavy atom. The zero-order valence-electron chi connectivity index (χ0n) is 23.8. The second-order valence-electron chi connectivity index (χ2n) is 10.3. The fourth-order valence-corrected chi connectivity index (χ4v) is 4.76. The lowest BCUT2D eigenvalue weighted by molar-refractivity contribution is 0.0829. The van der Waals surface area contributed by atoms with E-state index >= 15 is 0 Å². The number of nitrogens with zero attached hydrogens (tertiary/aromatic N) is 7. The average molecular weight is 561 g/mol. The first-order chi connectivity index (χ1) is 19.8. The van der Waals surface area contributed by atoms with Gasteiger partial charge in [0.15, 0.2) is 11.5 Å². The molecule has 0 aliphatic carbocycles. The summed E-state index contributed by atoms with van der Waals surface area (Å²) in [5.41, 5.74) is 3.09. The van der Waals surface area contributed by atoms with Gasteiger partial charge in [-0.3, -0.25) is 4.79 Å². The first-order valence-electron chi connectivity index (χ1n) is 13.6. The summed E-state index contributed by atoms with van der Waals surface area (Å²) in [5, 5.41) is 17.4. The maximum Gasteiger partial charge on any atom is 0.258 e. The van der Waals surface area contributed by atoms with Gasteiger partial charge in [0.1, 0.15) is 29.8 Å². The van der Waals surface area contributed by atoms with Gasteiger partial charge < -0.3 is 29.7 Å². The summed E-state index contributed by atoms with van der Waals surface area (Å²) in [5.74, 6) is 1.76. The summed E-state index contributed by atoms with van der Waals surface area (Å²) in [7, 11) is 7.22. The van der Waals surface area contributed by atoms with E-state index in [9.17, 15) is 9.90 Å². The average Bonchev–Trinajstić information content (AvgIpc) is 3.43. The number of likely N-dealkylation sites (N-methyl/N-ethyl adjacent to an activating group) is 1. The minimum absolute atomic E-state index is 0.162. The van der Waals surface area contributed by atoms with E-state index in [1.807, 2.05) is 43.6 Å². The number of ether oxygens (including phenoxy) is 2. The van der Waals surface area contributed by atoms with Crippen LogP contribution in [-0.4, -0.2) is 107 Å². The molecule has 1 atom stereocenters. The van der Waals surface area contributed by atoms with Crippen molar-refractivity contribution < 1.29 is 19.4 Å². The molecule has 12 heteroatoms. The molecule has 1 saturated heterocycles. The Bertz CT molecular complexity index is 1500. The third kappa shape index (κ3) is 6.45. The van der Waals surface area contributed by atoms with Crippen LogP contribution in [0.15, 0.2) is 48.9 Å². The highest BCUT2D eigenvalue weighted by atomic mass is 16.5. The van der Waals surface area contributed by atoms with Crippen molar-refractivity contribution in [3.63, 3.8) is 0 Å². The summed E-state index contributed by atoms with van der Waals surface area (Å²) in [4.78, 5) is 30.7. The number of fused-ring (bicyclic) bond motifs is 1. The lowest BCUT2D eigenvalue weighted by Gasteiger charge is -2.32. The number of carbonyl (C=O) groups excluding carboxylic acids is 1. The van der Waals surface area contributed by atoms with Crippen LogP contribution in [0.1, 0.15) is 23.2 Å². The number of aromatic nitrogens is 5. The van der Waals surface area contributed by atoms with Gasteiger partial charge in [0.25, 0.3) is 5.91 Å². The third-order valence-corrected chi connectivity index (χ3v) is 7.08. The van der Waals surface area contributed by atoms with Gasteiger partial charge in [-0.25, -0.2) is 19.5 Å². The van der Waals surface area contributed by atoms with Crippen molar-refractivity contribution >= 4 is 17.4 Å². The number of hydrogen-bond donors (Lipinski definition) is 2. The number of rotatable bonds is 10. The molecule has 0 bridgehead atoms. The number of carbonyl (C=O) groups is 1. The highest BCUT2D eigenvalue weighted by Crippen LogP contribution is 2.29. The van der Waals surface area contributed by atoms with Crippen molar-refractivity contribution in [2.45, 2.75) is 25.0 Å². The van der Waals surface area contributed by atoms with Crippen molar-refractivity contribution in [2.75, 3.05) is 59.5 Å². The van der Waals surface area contributed by atoms with Crippen molar-refractivity contribution in [1.29, 1.82) is 0 Å². The standard InChI is InChI=1S/C29H36N8O4/c1-30-15-22(38)18-41-23-7-5-6-19(12-23)27-33-25(13-26(34-27)36(4)21-8-10-40-11-9-21)20-14-31-28-24(29(39)35(2)3)16-32-37(28)17-20/h5-7,12-14,16-17,21-22,30,38H,8-11,15,18H2,1-4H3. The van der Waals surface area contributed by atoms with E-state index in [4.69, 9.17) is 19.4 Å². The predicted octanol–water partition coefficient (Wildman–Crippen LogP) is 2.13. The molecule has 0 radical (unpaired) electrons. The van der Waals surface area contributed by atoms with Gasteiger partial charge in [0, 0.05) is 76.5 Å². The Kier molecular flexibility index (Phi) is 8.72. The van der Waals surface area contributed by atoms with Crippen LogP contribution in [0, 0.1) is 0 Å². The van der Waals surface area contributed by atoms with Gasteiger partial charge >= 0.3 is 0 Å². The normalized spacial score (nSPS) is 14.7. The molecule has 5 rings (SSSR count). The number of aliphatic hydroxyl groups excluding tert-OH is 1. The molecule has 0 spiro atoms. The van der Waals surface area contributed by atoms with Gasteiger partial charge in [0.05, 0.1) is 11.9 Å². The molecule has 3 aromatic heterocycles. The molecule has 41 heavy (non-hydrogen) atoms. The largest absolute Gasteiger partial charge is 0.491 e. The minimum atomic E-state index is -0.624. The molecular formula is C29H36N8O4. The van der Waals surface area contributed by atoms with Crippen LogP contribution in [0.2, 0.25) is 0 Å². The molecule has 1 aromatic carbocycles. The van der Waals surface area contributed by atoms with Gasteiger partial charge in [-0.1, -0.05) is 12.1 Å². The van der Waals surface area contributed by atoms with Crippen LogP contribution in [0.4, 0.5) is 5.82 Å². The zero-order chi connectivity index (χ0) is 28.9. The van der Waals surface area contributed by atoms with Crippen LogP contribution in [0.3, 0.4) is 0 Å². The Labute approximate surface area is 239 Å². The van der Waals surface area contributed by atoms with Crippen molar-refractivity contribution in [1.82, 2.24) is 34.8 Å². The van der Waals surface area contributed by atoms with E-state index in [0.717, 1.165) is 29.8 Å². The van der Waals surface area contributed by atoms with Gasteiger partial charge in [-0.15, -0.1) is 0 Å². The number of nitrogens with one attached hydrogen (secondary N) is 1. The molecular weight excluding hydrogens is 524 g/mol. The highest BCUT2D eigenvalue weighted by molar-refractivity contribution is 5.99. The highest BCUT2D eigenvalue weighted by Gasteiger charge is 2.22. The number of aliphatic hydroxyl groups is 1. The van der Waals surface area contributed by atoms with Gasteiger partial charge in [-0.2, -0.15) is 5.10 Å². The molecule has 1 amide bonds. The topological polar surface area (TPSA) is 130 Å². The molecule has 2 N–H and O–H groups in total. The fraction of sp³-hybridized carbons (Fsp3) is 0.414. The van der Waals surface area contributed by atoms with E-state index in [2.05, 4.69) is 20.3 Å². The Morgan fingerprint density at radius 2 is 1.98 bits per heavy atom. The SMILES string of the molecule is CNCC(O)COc1cccc(-c2nc(-c3cnc4c(C(=O)N(C)C)cnn4c3)cc(N(C)C3CCOCC3)n2)c1. The second kappa shape index (κ2) is 12.6. The summed E-state index contributed by atoms with van der Waals surface area (Å²) < 4.78 is 13.0. The summed E-state index contributed by atoms with van der Waals surface area (Å²) in [6.45, 7) is 2.03. The van der Waals surface area contributed by atoms with Crippen molar-refractivity contribution in [2.24, 2.45) is 0 Å². The van der Waals surface area contributed by atoms with E-state index in [-0.39, 0.29) is 18.6 Å². The monoisotopic (exact) mass is 560 g/mol. The lowest BCUT2D eigenvalue weighted by atomic mass is 10.1. The summed E-state index contributed by atoms with van der Waals surface area (Å²) in [6, 6.07) is 9.77. The molecule has 1 fully saturated rings. The van der Waals surface area contributed by atoms with E-state index in [1.54, 1.807) is 31.9 Å². The van der Waals surface area contributed by atoms with Crippen molar-refractivity contribution in [3.05, 3.63) is 54.5 Å². The van der Waals surface area contributed by atoms with E-state index in [0.29, 0.717) is 48.2 Å². The number of anilines is 1. The fourth-order valence-electron chi connectivity index (χ4n) is 4.76. The number of amides is 1. The van der Waals surface area contributed by atoms with Crippen LogP contribution >= 0.6 is 0 Å². The molecule has 0 saturated carbocycles. The molecule has 216 valence electrons. The van der Waals surface area contributed by atoms with Crippen molar-refractivity contribution in [3.8, 4) is 28.4 Å². The molecule has 1 unspecified atom stereocenters. The molecule has 1 aliphatic rings. The van der Waals surface area contributed by atoms with E-state index in [1.165, 1.54) is 11.1 Å². The molecule has 4 heterocycles. The van der Waals surface area contributed by atoms with Crippen LogP contribution in [0.5, 0.6) is 5.75 Å². The molecule has 12 nitrogen and oxygen atoms in total. The zero-order valence-corrected chi connectivity index (χ0v) is 23.8. The first-order valence-corrected chi connectivity index (χ1v) is 13.6. The Balaban J connectivity index is 1.53. The first kappa shape index (κ1) is 28.4. The number of benzene rings is 1. The maximum absolute atomic E-state index is 12.6. The summed E-state index contributed by atoms with van der Waals surface area (Å²) >= 11 is 0. The maximum atomic E-state index is 12.6. The van der Waals surface area contributed by atoms with Gasteiger partial charge in [0.2, 0.25) is 0 Å². The minimum Gasteiger partial charge on any atom is -0.491 e. The summed E-state index contributed by atoms with van der Waals surface area (Å²) in [6.07, 6.45) is 6.25. The number of hydrogen-bond acceptors (Lipinski definition) is 10. The third-order valence-electron chi connectivity index (χ3n) is 7.08. The van der Waals surface area contributed by atoms with Gasteiger partial charge in [-0.05, 0) is 32.0 Å². The second-order valence-corrected chi connectivity index (χ2v) is 10.3. The molecule has 1 aliphatic heterocycles. The molecule has 4 aromatic rings. The predicted molar refractivity (Wildman–Crippen MR) is 155 cm³/mol. The smallest absolute Gasteiger partial charge is 0.258 e. The van der Waals surface area contributed by atoms with E-state index < -0.39 is 6.10 Å². The van der Waals surface area contributed by atoms with Crippen LogP contribution < -0.4 is 15.0 Å². The Morgan fingerprint density at radius 1 is 1.17 bits per heavy atom. The Hall–Kier alpha value is -4.13.